The van der Waals surface area contributed by atoms with E-state index in [1.54, 1.807) is 18.3 Å². The maximum absolute atomic E-state index is 11.1. The average molecular weight is 180 g/mol. The van der Waals surface area contributed by atoms with Gasteiger partial charge in [0.2, 0.25) is 5.91 Å². The second kappa shape index (κ2) is 4.39. The van der Waals surface area contributed by atoms with Crippen LogP contribution in [0.1, 0.15) is 13.8 Å². The Bertz CT molecular complexity index is 273. The zero-order valence-corrected chi connectivity index (χ0v) is 7.61. The van der Waals surface area contributed by atoms with Crippen molar-refractivity contribution in [2.45, 2.75) is 13.8 Å². The van der Waals surface area contributed by atoms with Gasteiger partial charge in [-0.15, -0.1) is 5.10 Å². The number of hydrogen-bond acceptors (Lipinski definition) is 4. The van der Waals surface area contributed by atoms with Crippen molar-refractivity contribution >= 4 is 11.7 Å². The highest BCUT2D eigenvalue weighted by atomic mass is 16.2. The van der Waals surface area contributed by atoms with Crippen molar-refractivity contribution in [1.82, 2.24) is 15.6 Å². The Morgan fingerprint density at radius 1 is 1.54 bits per heavy atom. The quantitative estimate of drug-likeness (QED) is 0.667. The number of hydrogen-bond donors (Lipinski definition) is 2. The van der Waals surface area contributed by atoms with Gasteiger partial charge in [-0.05, 0) is 12.1 Å². The lowest BCUT2D eigenvalue weighted by Gasteiger charge is -2.08. The molecule has 0 aromatic carbocycles. The molecule has 0 aliphatic heterocycles. The van der Waals surface area contributed by atoms with Gasteiger partial charge in [0.25, 0.3) is 0 Å². The Balaban J connectivity index is 2.40. The summed E-state index contributed by atoms with van der Waals surface area (Å²) in [5.74, 6) is 0.395. The van der Waals surface area contributed by atoms with E-state index in [4.69, 9.17) is 0 Å². The van der Waals surface area contributed by atoms with E-state index < -0.39 is 0 Å². The molecule has 0 aliphatic rings. The number of nitrogens with one attached hydrogen (secondary N) is 2. The Morgan fingerprint density at radius 3 is 2.85 bits per heavy atom. The van der Waals surface area contributed by atoms with E-state index in [1.807, 2.05) is 13.8 Å². The molecule has 5 heteroatoms. The van der Waals surface area contributed by atoms with Gasteiger partial charge < -0.3 is 0 Å². The number of rotatable bonds is 3. The summed E-state index contributed by atoms with van der Waals surface area (Å²) in [5, 5.41) is 7.38. The third-order valence-electron chi connectivity index (χ3n) is 1.41. The first kappa shape index (κ1) is 9.44. The van der Waals surface area contributed by atoms with Crippen LogP contribution in [0.25, 0.3) is 0 Å². The molecule has 0 saturated heterocycles. The van der Waals surface area contributed by atoms with Crippen LogP contribution in [0, 0.1) is 5.92 Å². The maximum Gasteiger partial charge on any atom is 0.240 e. The number of anilines is 1. The Morgan fingerprint density at radius 2 is 2.31 bits per heavy atom. The maximum atomic E-state index is 11.1. The van der Waals surface area contributed by atoms with Crippen molar-refractivity contribution in [2.24, 2.45) is 5.92 Å². The molecule has 0 bridgehead atoms. The minimum Gasteiger partial charge on any atom is -0.280 e. The van der Waals surface area contributed by atoms with Crippen LogP contribution in [0.5, 0.6) is 0 Å². The van der Waals surface area contributed by atoms with Gasteiger partial charge in [-0.25, -0.2) is 0 Å². The number of carbonyl (C=O) groups is 1. The fraction of sp³-hybridized carbons (Fsp3) is 0.375. The van der Waals surface area contributed by atoms with Crippen LogP contribution in [-0.2, 0) is 4.79 Å². The third kappa shape index (κ3) is 3.06. The van der Waals surface area contributed by atoms with Crippen LogP contribution in [-0.4, -0.2) is 16.1 Å². The lowest BCUT2D eigenvalue weighted by Crippen LogP contribution is -2.33. The molecule has 5 nitrogen and oxygen atoms in total. The molecule has 0 atom stereocenters. The number of nitrogens with zero attached hydrogens (tertiary/aromatic N) is 2. The van der Waals surface area contributed by atoms with E-state index in [1.165, 1.54) is 0 Å². The van der Waals surface area contributed by atoms with E-state index in [-0.39, 0.29) is 11.8 Å². The smallest absolute Gasteiger partial charge is 0.240 e. The van der Waals surface area contributed by atoms with Gasteiger partial charge in [-0.3, -0.25) is 15.6 Å². The van der Waals surface area contributed by atoms with E-state index >= 15 is 0 Å². The zero-order valence-electron chi connectivity index (χ0n) is 7.61. The molecule has 0 radical (unpaired) electrons. The van der Waals surface area contributed by atoms with E-state index in [2.05, 4.69) is 21.0 Å². The van der Waals surface area contributed by atoms with Crippen LogP contribution in [0.15, 0.2) is 18.3 Å². The molecule has 1 aromatic heterocycles. The SMILES string of the molecule is CC(C)C(=O)NNc1cccnn1. The van der Waals surface area contributed by atoms with Gasteiger partial charge in [-0.2, -0.15) is 5.10 Å². The van der Waals surface area contributed by atoms with E-state index in [0.717, 1.165) is 0 Å². The minimum absolute atomic E-state index is 0.0517. The fourth-order valence-corrected chi connectivity index (χ4v) is 0.638. The molecule has 0 saturated carbocycles. The topological polar surface area (TPSA) is 66.9 Å². The number of aromatic nitrogens is 2. The van der Waals surface area contributed by atoms with Crippen LogP contribution >= 0.6 is 0 Å². The Hall–Kier alpha value is -1.65. The highest BCUT2D eigenvalue weighted by molar-refractivity contribution is 5.78. The molecule has 2 N–H and O–H groups in total. The average Bonchev–Trinajstić information content (AvgIpc) is 2.15. The molecule has 70 valence electrons. The summed E-state index contributed by atoms with van der Waals surface area (Å²) in [6.45, 7) is 3.63. The third-order valence-corrected chi connectivity index (χ3v) is 1.41. The largest absolute Gasteiger partial charge is 0.280 e. The van der Waals surface area contributed by atoms with Crippen LogP contribution in [0.2, 0.25) is 0 Å². The molecule has 1 rings (SSSR count). The Kier molecular flexibility index (Phi) is 3.19. The lowest BCUT2D eigenvalue weighted by molar-refractivity contribution is -0.123. The normalized spacial score (nSPS) is 9.77. The molecule has 0 unspecified atom stereocenters. The summed E-state index contributed by atoms with van der Waals surface area (Å²) in [7, 11) is 0. The van der Waals surface area contributed by atoms with Crippen molar-refractivity contribution in [3.63, 3.8) is 0 Å². The van der Waals surface area contributed by atoms with Crippen molar-refractivity contribution in [1.29, 1.82) is 0 Å². The zero-order chi connectivity index (χ0) is 9.68. The standard InChI is InChI=1S/C8H12N4O/c1-6(2)8(13)12-11-7-4-3-5-9-10-7/h3-6H,1-2H3,(H,10,11)(H,12,13). The second-order valence-electron chi connectivity index (χ2n) is 2.88. The molecule has 1 aromatic rings. The van der Waals surface area contributed by atoms with Gasteiger partial charge in [0.05, 0.1) is 0 Å². The number of amides is 1. The molecule has 0 fully saturated rings. The van der Waals surface area contributed by atoms with Gasteiger partial charge in [0, 0.05) is 12.1 Å². The van der Waals surface area contributed by atoms with Crippen molar-refractivity contribution < 1.29 is 4.79 Å². The molecular formula is C8H12N4O. The van der Waals surface area contributed by atoms with Crippen LogP contribution < -0.4 is 10.9 Å². The summed E-state index contributed by atoms with van der Waals surface area (Å²) in [6.07, 6.45) is 1.56. The van der Waals surface area contributed by atoms with Crippen molar-refractivity contribution in [3.05, 3.63) is 18.3 Å². The minimum atomic E-state index is -0.0781. The predicted molar refractivity (Wildman–Crippen MR) is 48.6 cm³/mol. The highest BCUT2D eigenvalue weighted by Gasteiger charge is 2.05. The lowest BCUT2D eigenvalue weighted by atomic mass is 10.2. The highest BCUT2D eigenvalue weighted by Crippen LogP contribution is 1.96. The predicted octanol–water partition coefficient (Wildman–Crippen LogP) is 0.576. The Labute approximate surface area is 76.5 Å². The van der Waals surface area contributed by atoms with Gasteiger partial charge >= 0.3 is 0 Å². The van der Waals surface area contributed by atoms with E-state index in [9.17, 15) is 4.79 Å². The summed E-state index contributed by atoms with van der Waals surface area (Å²) >= 11 is 0. The summed E-state index contributed by atoms with van der Waals surface area (Å²) in [5.41, 5.74) is 5.16. The number of hydrazine groups is 1. The summed E-state index contributed by atoms with van der Waals surface area (Å²) in [6, 6.07) is 3.45. The second-order valence-corrected chi connectivity index (χ2v) is 2.88. The van der Waals surface area contributed by atoms with Gasteiger partial charge in [0.1, 0.15) is 0 Å². The van der Waals surface area contributed by atoms with Crippen molar-refractivity contribution in [3.8, 4) is 0 Å². The number of carbonyl (C=O) groups excluding carboxylic acids is 1. The first-order valence-corrected chi connectivity index (χ1v) is 4.03. The van der Waals surface area contributed by atoms with Gasteiger partial charge in [0.15, 0.2) is 5.82 Å². The molecular weight excluding hydrogens is 168 g/mol. The molecule has 0 spiro atoms. The molecule has 1 heterocycles. The fourth-order valence-electron chi connectivity index (χ4n) is 0.638. The van der Waals surface area contributed by atoms with Crippen molar-refractivity contribution in [2.75, 3.05) is 5.43 Å². The van der Waals surface area contributed by atoms with Gasteiger partial charge in [-0.1, -0.05) is 13.8 Å². The van der Waals surface area contributed by atoms with Crippen LogP contribution in [0.3, 0.4) is 0 Å². The summed E-state index contributed by atoms with van der Waals surface area (Å²) in [4.78, 5) is 11.1. The molecule has 1 amide bonds. The summed E-state index contributed by atoms with van der Waals surface area (Å²) < 4.78 is 0. The first-order chi connectivity index (χ1) is 6.20. The monoisotopic (exact) mass is 180 g/mol. The molecule has 13 heavy (non-hydrogen) atoms. The molecule has 0 aliphatic carbocycles. The van der Waals surface area contributed by atoms with E-state index in [0.29, 0.717) is 5.82 Å². The van der Waals surface area contributed by atoms with Crippen LogP contribution in [0.4, 0.5) is 5.82 Å². The first-order valence-electron chi connectivity index (χ1n) is 4.03.